The van der Waals surface area contributed by atoms with Crippen LogP contribution >= 0.6 is 0 Å². The predicted octanol–water partition coefficient (Wildman–Crippen LogP) is 0.634. The topological polar surface area (TPSA) is 69.6 Å². The highest BCUT2D eigenvalue weighted by atomic mass is 16.5. The minimum absolute atomic E-state index is 0.179. The normalized spacial score (nSPS) is 19.9. The van der Waals surface area contributed by atoms with Crippen molar-refractivity contribution in [3.63, 3.8) is 0 Å². The first-order valence-corrected chi connectivity index (χ1v) is 10.8. The molecule has 0 aromatic carbocycles. The van der Waals surface area contributed by atoms with E-state index in [1.54, 1.807) is 14.0 Å². The number of nitrogens with one attached hydrogen (secondary N) is 1. The molecule has 0 radical (unpaired) electrons. The molecule has 0 aromatic rings. The van der Waals surface area contributed by atoms with Crippen molar-refractivity contribution < 1.29 is 14.3 Å². The van der Waals surface area contributed by atoms with Crippen LogP contribution in [0, 0.1) is 0 Å². The Bertz CT molecular complexity index is 472. The van der Waals surface area contributed by atoms with E-state index in [0.29, 0.717) is 6.10 Å². The van der Waals surface area contributed by atoms with Gasteiger partial charge in [0, 0.05) is 79.6 Å². The fraction of sp³-hybridized carbons (Fsp3) is 0.900. The monoisotopic (exact) mass is 397 g/mol. The Kier molecular flexibility index (Phi) is 10.6. The fourth-order valence-electron chi connectivity index (χ4n) is 3.70. The first-order chi connectivity index (χ1) is 13.6. The average Bonchev–Trinajstić information content (AvgIpc) is 2.71. The molecule has 0 bridgehead atoms. The maximum absolute atomic E-state index is 11.4. The van der Waals surface area contributed by atoms with Crippen LogP contribution in [0.15, 0.2) is 4.99 Å². The number of hydrogen-bond donors (Lipinski definition) is 1. The van der Waals surface area contributed by atoms with E-state index < -0.39 is 0 Å². The highest BCUT2D eigenvalue weighted by Gasteiger charge is 2.22. The molecule has 0 unspecified atom stereocenters. The Labute approximate surface area is 170 Å². The fourth-order valence-corrected chi connectivity index (χ4v) is 3.70. The van der Waals surface area contributed by atoms with Gasteiger partial charge < -0.3 is 24.6 Å². The standard InChI is InChI=1S/C20H39N5O3/c1-4-21-20(22-8-11-23-12-14-24(15-13-23)18(2)26)25-9-6-19(7-10-25)28-17-5-16-27-3/h19H,4-17H2,1-3H3,(H,21,22). The minimum Gasteiger partial charge on any atom is -0.385 e. The summed E-state index contributed by atoms with van der Waals surface area (Å²) in [4.78, 5) is 22.9. The first-order valence-electron chi connectivity index (χ1n) is 10.8. The van der Waals surface area contributed by atoms with Gasteiger partial charge in [0.05, 0.1) is 12.6 Å². The van der Waals surface area contributed by atoms with Crippen molar-refractivity contribution in [2.45, 2.75) is 39.2 Å². The highest BCUT2D eigenvalue weighted by molar-refractivity contribution is 5.80. The molecule has 2 aliphatic heterocycles. The number of amides is 1. The van der Waals surface area contributed by atoms with Crippen molar-refractivity contribution in [1.82, 2.24) is 20.0 Å². The third kappa shape index (κ3) is 7.93. The van der Waals surface area contributed by atoms with Crippen LogP contribution in [-0.4, -0.2) is 112 Å². The third-order valence-corrected chi connectivity index (χ3v) is 5.42. The molecule has 2 heterocycles. The Morgan fingerprint density at radius 3 is 2.39 bits per heavy atom. The highest BCUT2D eigenvalue weighted by Crippen LogP contribution is 2.14. The molecule has 0 atom stereocenters. The van der Waals surface area contributed by atoms with Gasteiger partial charge in [-0.05, 0) is 26.2 Å². The van der Waals surface area contributed by atoms with Crippen molar-refractivity contribution in [2.75, 3.05) is 79.2 Å². The molecule has 2 saturated heterocycles. The molecule has 28 heavy (non-hydrogen) atoms. The number of piperazine rings is 1. The molecule has 8 heteroatoms. The van der Waals surface area contributed by atoms with Crippen LogP contribution < -0.4 is 5.32 Å². The number of aliphatic imine (C=N–C) groups is 1. The van der Waals surface area contributed by atoms with E-state index in [0.717, 1.165) is 97.3 Å². The lowest BCUT2D eigenvalue weighted by Crippen LogP contribution is -2.49. The molecule has 1 amide bonds. The Morgan fingerprint density at radius 2 is 1.79 bits per heavy atom. The quantitative estimate of drug-likeness (QED) is 0.350. The predicted molar refractivity (Wildman–Crippen MR) is 112 cm³/mol. The van der Waals surface area contributed by atoms with Gasteiger partial charge in [-0.25, -0.2) is 0 Å². The van der Waals surface area contributed by atoms with E-state index in [4.69, 9.17) is 14.5 Å². The maximum atomic E-state index is 11.4. The number of guanidine groups is 1. The van der Waals surface area contributed by atoms with Crippen molar-refractivity contribution in [2.24, 2.45) is 4.99 Å². The zero-order valence-corrected chi connectivity index (χ0v) is 18.0. The molecule has 0 aromatic heterocycles. The summed E-state index contributed by atoms with van der Waals surface area (Å²) in [6.45, 7) is 13.4. The van der Waals surface area contributed by atoms with E-state index in [1.807, 2.05) is 4.90 Å². The number of piperidine rings is 1. The Hall–Kier alpha value is -1.38. The lowest BCUT2D eigenvalue weighted by molar-refractivity contribution is -0.130. The number of ether oxygens (including phenoxy) is 2. The summed E-state index contributed by atoms with van der Waals surface area (Å²) in [6.07, 6.45) is 3.41. The van der Waals surface area contributed by atoms with Crippen LogP contribution in [0.4, 0.5) is 0 Å². The number of nitrogens with zero attached hydrogens (tertiary/aromatic N) is 4. The number of methoxy groups -OCH3 is 1. The van der Waals surface area contributed by atoms with Crippen molar-refractivity contribution in [3.05, 3.63) is 0 Å². The second-order valence-electron chi connectivity index (χ2n) is 7.49. The summed E-state index contributed by atoms with van der Waals surface area (Å²) in [5, 5.41) is 3.43. The minimum atomic E-state index is 0.179. The van der Waals surface area contributed by atoms with Gasteiger partial charge in [0.2, 0.25) is 5.91 Å². The van der Waals surface area contributed by atoms with E-state index in [2.05, 4.69) is 22.0 Å². The second kappa shape index (κ2) is 13.0. The van der Waals surface area contributed by atoms with Crippen LogP contribution in [0.1, 0.15) is 33.1 Å². The number of rotatable bonds is 9. The summed E-state index contributed by atoms with van der Waals surface area (Å²) in [6, 6.07) is 0. The lowest BCUT2D eigenvalue weighted by atomic mass is 10.1. The zero-order chi connectivity index (χ0) is 20.2. The molecule has 0 saturated carbocycles. The molecule has 0 aliphatic carbocycles. The summed E-state index contributed by atoms with van der Waals surface area (Å²) >= 11 is 0. The van der Waals surface area contributed by atoms with Gasteiger partial charge in [-0.1, -0.05) is 0 Å². The SMILES string of the molecule is CCNC(=NCCN1CCN(C(C)=O)CC1)N1CCC(OCCCOC)CC1. The zero-order valence-electron chi connectivity index (χ0n) is 18.0. The first kappa shape index (κ1) is 22.9. The molecule has 2 fully saturated rings. The molecule has 162 valence electrons. The van der Waals surface area contributed by atoms with Crippen molar-refractivity contribution >= 4 is 11.9 Å². The molecular weight excluding hydrogens is 358 g/mol. The number of likely N-dealkylation sites (tertiary alicyclic amines) is 1. The van der Waals surface area contributed by atoms with Crippen molar-refractivity contribution in [3.8, 4) is 0 Å². The number of hydrogen-bond acceptors (Lipinski definition) is 5. The summed E-state index contributed by atoms with van der Waals surface area (Å²) in [5.74, 6) is 1.20. The van der Waals surface area contributed by atoms with Crippen LogP contribution in [0.25, 0.3) is 0 Å². The molecule has 8 nitrogen and oxygen atoms in total. The van der Waals surface area contributed by atoms with Crippen molar-refractivity contribution in [1.29, 1.82) is 0 Å². The number of carbonyl (C=O) groups is 1. The maximum Gasteiger partial charge on any atom is 0.219 e. The van der Waals surface area contributed by atoms with Gasteiger partial charge in [-0.15, -0.1) is 0 Å². The van der Waals surface area contributed by atoms with Gasteiger partial charge >= 0.3 is 0 Å². The van der Waals surface area contributed by atoms with Crippen LogP contribution in [0.3, 0.4) is 0 Å². The summed E-state index contributed by atoms with van der Waals surface area (Å²) in [5.41, 5.74) is 0. The Balaban J connectivity index is 1.70. The second-order valence-corrected chi connectivity index (χ2v) is 7.49. The van der Waals surface area contributed by atoms with Gasteiger partial charge in [-0.2, -0.15) is 0 Å². The smallest absolute Gasteiger partial charge is 0.219 e. The summed E-state index contributed by atoms with van der Waals surface area (Å²) < 4.78 is 11.0. The Morgan fingerprint density at radius 1 is 1.07 bits per heavy atom. The molecule has 2 rings (SSSR count). The van der Waals surface area contributed by atoms with E-state index in [-0.39, 0.29) is 5.91 Å². The van der Waals surface area contributed by atoms with Gasteiger partial charge in [0.25, 0.3) is 0 Å². The van der Waals surface area contributed by atoms with E-state index in [1.165, 1.54) is 0 Å². The van der Waals surface area contributed by atoms with Gasteiger partial charge in [-0.3, -0.25) is 14.7 Å². The van der Waals surface area contributed by atoms with Gasteiger partial charge in [0.1, 0.15) is 0 Å². The molecule has 2 aliphatic rings. The molecule has 1 N–H and O–H groups in total. The summed E-state index contributed by atoms with van der Waals surface area (Å²) in [7, 11) is 1.73. The molecular formula is C20H39N5O3. The average molecular weight is 398 g/mol. The van der Waals surface area contributed by atoms with E-state index in [9.17, 15) is 4.79 Å². The largest absolute Gasteiger partial charge is 0.385 e. The van der Waals surface area contributed by atoms with Crippen LogP contribution in [0.2, 0.25) is 0 Å². The lowest BCUT2D eigenvalue weighted by Gasteiger charge is -2.35. The third-order valence-electron chi connectivity index (χ3n) is 5.42. The van der Waals surface area contributed by atoms with E-state index >= 15 is 0 Å². The van der Waals surface area contributed by atoms with Gasteiger partial charge in [0.15, 0.2) is 5.96 Å². The molecule has 0 spiro atoms. The number of carbonyl (C=O) groups excluding carboxylic acids is 1. The van der Waals surface area contributed by atoms with Crippen LogP contribution in [0.5, 0.6) is 0 Å². The van der Waals surface area contributed by atoms with Crippen LogP contribution in [-0.2, 0) is 14.3 Å².